The van der Waals surface area contributed by atoms with Crippen LogP contribution in [0.4, 0.5) is 5.69 Å². The standard InChI is InChI=1S/C12H15ClN4/c13-11-6-9(4-5-16-11)17-12(15)7-10(14)8-2-1-3-8/h4-8H,1-3,14H2,(H2,15,16,17). The van der Waals surface area contributed by atoms with Gasteiger partial charge in [0, 0.05) is 18.0 Å². The van der Waals surface area contributed by atoms with Gasteiger partial charge >= 0.3 is 0 Å². The lowest BCUT2D eigenvalue weighted by molar-refractivity contribution is 0.365. The molecule has 0 radical (unpaired) electrons. The zero-order chi connectivity index (χ0) is 12.3. The largest absolute Gasteiger partial charge is 0.402 e. The van der Waals surface area contributed by atoms with Crippen LogP contribution in [0.15, 0.2) is 35.1 Å². The number of aromatic nitrogens is 1. The maximum atomic E-state index is 5.93. The number of rotatable bonds is 3. The third-order valence-electron chi connectivity index (χ3n) is 2.86. The second-order valence-corrected chi connectivity index (χ2v) is 4.53. The molecule has 90 valence electrons. The molecule has 1 aliphatic carbocycles. The lowest BCUT2D eigenvalue weighted by Gasteiger charge is -2.25. The van der Waals surface area contributed by atoms with Gasteiger partial charge < -0.3 is 11.5 Å². The van der Waals surface area contributed by atoms with E-state index in [1.54, 1.807) is 24.4 Å². The summed E-state index contributed by atoms with van der Waals surface area (Å²) in [4.78, 5) is 8.09. The second-order valence-electron chi connectivity index (χ2n) is 4.15. The van der Waals surface area contributed by atoms with Crippen LogP contribution in [0, 0.1) is 5.92 Å². The molecule has 0 aliphatic heterocycles. The summed E-state index contributed by atoms with van der Waals surface area (Å²) >= 11 is 5.75. The smallest absolute Gasteiger partial charge is 0.131 e. The van der Waals surface area contributed by atoms with Gasteiger partial charge in [0.05, 0.1) is 5.69 Å². The Kier molecular flexibility index (Phi) is 3.64. The zero-order valence-electron chi connectivity index (χ0n) is 9.44. The van der Waals surface area contributed by atoms with Crippen LogP contribution in [0.1, 0.15) is 19.3 Å². The Balaban J connectivity index is 2.10. The minimum atomic E-state index is 0.398. The first-order valence-corrected chi connectivity index (χ1v) is 5.96. The summed E-state index contributed by atoms with van der Waals surface area (Å²) < 4.78 is 0. The second kappa shape index (κ2) is 5.19. The Labute approximate surface area is 105 Å². The van der Waals surface area contributed by atoms with Gasteiger partial charge in [0.1, 0.15) is 11.0 Å². The molecule has 1 heterocycles. The number of pyridine rings is 1. The van der Waals surface area contributed by atoms with E-state index in [0.717, 1.165) is 18.5 Å². The highest BCUT2D eigenvalue weighted by molar-refractivity contribution is 6.29. The van der Waals surface area contributed by atoms with E-state index in [2.05, 4.69) is 9.98 Å². The van der Waals surface area contributed by atoms with Gasteiger partial charge in [-0.05, 0) is 30.9 Å². The fraction of sp³-hybridized carbons (Fsp3) is 0.333. The average molecular weight is 251 g/mol. The number of nitrogens with zero attached hydrogens (tertiary/aromatic N) is 2. The monoisotopic (exact) mass is 250 g/mol. The number of allylic oxidation sites excluding steroid dienone is 1. The molecule has 2 rings (SSSR count). The molecule has 5 heteroatoms. The Morgan fingerprint density at radius 1 is 1.47 bits per heavy atom. The zero-order valence-corrected chi connectivity index (χ0v) is 10.2. The van der Waals surface area contributed by atoms with Gasteiger partial charge in [-0.25, -0.2) is 9.98 Å². The van der Waals surface area contributed by atoms with Crippen molar-refractivity contribution in [1.29, 1.82) is 0 Å². The number of hydrogen-bond donors (Lipinski definition) is 2. The van der Waals surface area contributed by atoms with Crippen molar-refractivity contribution in [3.63, 3.8) is 0 Å². The number of aliphatic imine (C=N–C) groups is 1. The summed E-state index contributed by atoms with van der Waals surface area (Å²) in [5.74, 6) is 0.876. The van der Waals surface area contributed by atoms with Gasteiger partial charge in [-0.15, -0.1) is 0 Å². The van der Waals surface area contributed by atoms with E-state index in [4.69, 9.17) is 23.1 Å². The Bertz CT molecular complexity index is 463. The van der Waals surface area contributed by atoms with Gasteiger partial charge in [0.2, 0.25) is 0 Å². The average Bonchev–Trinajstić information content (AvgIpc) is 2.13. The quantitative estimate of drug-likeness (QED) is 0.491. The minimum absolute atomic E-state index is 0.398. The van der Waals surface area contributed by atoms with Gasteiger partial charge in [0.15, 0.2) is 0 Å². The first kappa shape index (κ1) is 11.9. The molecular weight excluding hydrogens is 236 g/mol. The molecular formula is C12H15ClN4. The fourth-order valence-corrected chi connectivity index (χ4v) is 1.84. The van der Waals surface area contributed by atoms with Crippen LogP contribution in [0.25, 0.3) is 0 Å². The number of nitrogens with two attached hydrogens (primary N) is 2. The van der Waals surface area contributed by atoms with E-state index in [1.807, 2.05) is 0 Å². The summed E-state index contributed by atoms with van der Waals surface area (Å²) in [6, 6.07) is 3.40. The van der Waals surface area contributed by atoms with Crippen molar-refractivity contribution >= 4 is 23.1 Å². The first-order chi connectivity index (χ1) is 8.15. The number of halogens is 1. The summed E-state index contributed by atoms with van der Waals surface area (Å²) in [5.41, 5.74) is 13.2. The predicted molar refractivity (Wildman–Crippen MR) is 70.1 cm³/mol. The molecule has 1 saturated carbocycles. The molecule has 0 atom stereocenters. The molecule has 0 aromatic carbocycles. The molecule has 1 aromatic heterocycles. The van der Waals surface area contributed by atoms with Crippen LogP contribution in [0.3, 0.4) is 0 Å². The highest BCUT2D eigenvalue weighted by atomic mass is 35.5. The van der Waals surface area contributed by atoms with Crippen LogP contribution < -0.4 is 11.5 Å². The van der Waals surface area contributed by atoms with E-state index in [1.165, 1.54) is 6.42 Å². The third-order valence-corrected chi connectivity index (χ3v) is 3.07. The topological polar surface area (TPSA) is 77.3 Å². The van der Waals surface area contributed by atoms with Crippen LogP contribution in [-0.2, 0) is 0 Å². The van der Waals surface area contributed by atoms with Gasteiger partial charge in [-0.2, -0.15) is 0 Å². The van der Waals surface area contributed by atoms with Gasteiger partial charge in [-0.1, -0.05) is 18.0 Å². The lowest BCUT2D eigenvalue weighted by atomic mass is 9.83. The van der Waals surface area contributed by atoms with Crippen molar-refractivity contribution in [1.82, 2.24) is 4.98 Å². The SMILES string of the molecule is NC(=CC(N)=Nc1ccnc(Cl)c1)C1CCC1. The fourth-order valence-electron chi connectivity index (χ4n) is 1.67. The highest BCUT2D eigenvalue weighted by Crippen LogP contribution is 2.30. The summed E-state index contributed by atoms with van der Waals surface area (Å²) in [7, 11) is 0. The van der Waals surface area contributed by atoms with Gasteiger partial charge in [-0.3, -0.25) is 0 Å². The van der Waals surface area contributed by atoms with Crippen molar-refractivity contribution in [2.75, 3.05) is 0 Å². The minimum Gasteiger partial charge on any atom is -0.402 e. The Morgan fingerprint density at radius 2 is 2.24 bits per heavy atom. The third kappa shape index (κ3) is 3.20. The maximum Gasteiger partial charge on any atom is 0.131 e. The summed E-state index contributed by atoms with van der Waals surface area (Å²) in [6.07, 6.45) is 6.87. The molecule has 1 fully saturated rings. The van der Waals surface area contributed by atoms with Crippen LogP contribution in [-0.4, -0.2) is 10.8 Å². The maximum absolute atomic E-state index is 5.93. The number of hydrogen-bond acceptors (Lipinski definition) is 3. The van der Waals surface area contributed by atoms with Crippen molar-refractivity contribution < 1.29 is 0 Å². The molecule has 0 bridgehead atoms. The van der Waals surface area contributed by atoms with E-state index in [0.29, 0.717) is 22.6 Å². The Morgan fingerprint density at radius 3 is 2.82 bits per heavy atom. The van der Waals surface area contributed by atoms with Gasteiger partial charge in [0.25, 0.3) is 0 Å². The van der Waals surface area contributed by atoms with E-state index in [9.17, 15) is 0 Å². The molecule has 1 aromatic rings. The number of amidine groups is 1. The first-order valence-electron chi connectivity index (χ1n) is 5.58. The molecule has 1 aliphatic rings. The molecule has 0 spiro atoms. The van der Waals surface area contributed by atoms with Crippen LogP contribution in [0.5, 0.6) is 0 Å². The Hall–Kier alpha value is -1.55. The summed E-state index contributed by atoms with van der Waals surface area (Å²) in [5, 5.41) is 0.398. The van der Waals surface area contributed by atoms with E-state index >= 15 is 0 Å². The van der Waals surface area contributed by atoms with E-state index in [-0.39, 0.29) is 0 Å². The molecule has 17 heavy (non-hydrogen) atoms. The lowest BCUT2D eigenvalue weighted by Crippen LogP contribution is -2.22. The molecule has 4 nitrogen and oxygen atoms in total. The van der Waals surface area contributed by atoms with Crippen LogP contribution >= 0.6 is 11.6 Å². The van der Waals surface area contributed by atoms with Crippen molar-refractivity contribution in [2.24, 2.45) is 22.4 Å². The molecule has 0 amide bonds. The van der Waals surface area contributed by atoms with Crippen molar-refractivity contribution in [3.8, 4) is 0 Å². The van der Waals surface area contributed by atoms with Crippen molar-refractivity contribution in [3.05, 3.63) is 35.3 Å². The molecule has 4 N–H and O–H groups in total. The highest BCUT2D eigenvalue weighted by Gasteiger charge is 2.19. The van der Waals surface area contributed by atoms with E-state index < -0.39 is 0 Å². The molecule has 0 saturated heterocycles. The van der Waals surface area contributed by atoms with Crippen LogP contribution in [0.2, 0.25) is 5.15 Å². The molecule has 0 unspecified atom stereocenters. The normalized spacial score (nSPS) is 17.9. The predicted octanol–water partition coefficient (Wildman–Crippen LogP) is 2.37. The summed E-state index contributed by atoms with van der Waals surface area (Å²) in [6.45, 7) is 0. The van der Waals surface area contributed by atoms with Crippen molar-refractivity contribution in [2.45, 2.75) is 19.3 Å².